The summed E-state index contributed by atoms with van der Waals surface area (Å²) in [6.07, 6.45) is 0.764. The second-order valence-corrected chi connectivity index (χ2v) is 5.60. The summed E-state index contributed by atoms with van der Waals surface area (Å²) in [6, 6.07) is 5.15. The Kier molecular flexibility index (Phi) is 4.25. The zero-order chi connectivity index (χ0) is 14.8. The Hall–Kier alpha value is -1.66. The van der Waals surface area contributed by atoms with Crippen LogP contribution in [0.3, 0.4) is 0 Å². The first-order valence-corrected chi connectivity index (χ1v) is 6.87. The molecule has 1 heterocycles. The summed E-state index contributed by atoms with van der Waals surface area (Å²) in [5.74, 6) is 0. The lowest BCUT2D eigenvalue weighted by atomic mass is 10.1. The van der Waals surface area contributed by atoms with E-state index >= 15 is 0 Å². The van der Waals surface area contributed by atoms with E-state index in [0.717, 1.165) is 18.5 Å². The van der Waals surface area contributed by atoms with Crippen LogP contribution in [-0.4, -0.2) is 40.2 Å². The number of hydrogen-bond acceptors (Lipinski definition) is 5. The number of rotatable bonds is 5. The summed E-state index contributed by atoms with van der Waals surface area (Å²) in [7, 11) is 0. The molecule has 1 fully saturated rings. The smallest absolute Gasteiger partial charge is 0.292 e. The lowest BCUT2D eigenvalue weighted by Gasteiger charge is -2.19. The third kappa shape index (κ3) is 3.46. The van der Waals surface area contributed by atoms with Gasteiger partial charge in [-0.2, -0.15) is 0 Å². The fourth-order valence-electron chi connectivity index (χ4n) is 2.60. The number of β-amino-alcohol motifs (C(OH)–C–C–N with tert-alkyl or cyclic N) is 1. The summed E-state index contributed by atoms with van der Waals surface area (Å²) in [4.78, 5) is 12.8. The molecule has 6 nitrogen and oxygen atoms in total. The minimum Gasteiger partial charge on any atom is -0.389 e. The van der Waals surface area contributed by atoms with Gasteiger partial charge in [0.05, 0.1) is 10.5 Å². The molecular formula is C14H21N3O3. The predicted octanol–water partition coefficient (Wildman–Crippen LogP) is 1.98. The van der Waals surface area contributed by atoms with Crippen molar-refractivity contribution >= 4 is 11.4 Å². The molecule has 0 amide bonds. The summed E-state index contributed by atoms with van der Waals surface area (Å²) >= 11 is 0. The maximum atomic E-state index is 11.0. The van der Waals surface area contributed by atoms with Gasteiger partial charge in [-0.25, -0.2) is 0 Å². The third-order valence-corrected chi connectivity index (χ3v) is 3.56. The summed E-state index contributed by atoms with van der Waals surface area (Å²) in [5, 5.41) is 23.9. The topological polar surface area (TPSA) is 78.6 Å². The molecule has 2 N–H and O–H groups in total. The third-order valence-electron chi connectivity index (χ3n) is 3.56. The lowest BCUT2D eigenvalue weighted by Crippen LogP contribution is -2.29. The van der Waals surface area contributed by atoms with Crippen molar-refractivity contribution in [3.63, 3.8) is 0 Å². The van der Waals surface area contributed by atoms with Crippen molar-refractivity contribution in [2.24, 2.45) is 0 Å². The molecule has 0 aliphatic carbocycles. The second-order valence-electron chi connectivity index (χ2n) is 5.60. The van der Waals surface area contributed by atoms with Crippen molar-refractivity contribution in [3.05, 3.63) is 33.9 Å². The van der Waals surface area contributed by atoms with Gasteiger partial charge in [-0.15, -0.1) is 0 Å². The molecule has 1 aromatic rings. The number of nitro benzene ring substituents is 1. The van der Waals surface area contributed by atoms with E-state index in [1.165, 1.54) is 0 Å². The number of nitro groups is 1. The van der Waals surface area contributed by atoms with Gasteiger partial charge in [0, 0.05) is 32.2 Å². The van der Waals surface area contributed by atoms with Crippen LogP contribution in [0.2, 0.25) is 0 Å². The average molecular weight is 279 g/mol. The predicted molar refractivity (Wildman–Crippen MR) is 77.8 cm³/mol. The SMILES string of the molecule is CCNc1cc(CN2CCC(C)(O)C2)ccc1[N+](=O)[O-]. The minimum absolute atomic E-state index is 0.101. The molecule has 6 heteroatoms. The molecule has 110 valence electrons. The number of hydrogen-bond donors (Lipinski definition) is 2. The Morgan fingerprint density at radius 2 is 2.30 bits per heavy atom. The van der Waals surface area contributed by atoms with Gasteiger partial charge in [0.2, 0.25) is 0 Å². The Labute approximate surface area is 118 Å². The van der Waals surface area contributed by atoms with Gasteiger partial charge in [-0.05, 0) is 31.9 Å². The van der Waals surface area contributed by atoms with Crippen LogP contribution in [0.25, 0.3) is 0 Å². The molecule has 0 radical (unpaired) electrons. The van der Waals surface area contributed by atoms with Gasteiger partial charge in [-0.3, -0.25) is 15.0 Å². The zero-order valence-electron chi connectivity index (χ0n) is 11.9. The van der Waals surface area contributed by atoms with E-state index < -0.39 is 5.60 Å². The van der Waals surface area contributed by atoms with Crippen molar-refractivity contribution in [1.82, 2.24) is 4.90 Å². The van der Waals surface area contributed by atoms with Crippen LogP contribution in [-0.2, 0) is 6.54 Å². The van der Waals surface area contributed by atoms with Gasteiger partial charge in [0.25, 0.3) is 5.69 Å². The number of benzene rings is 1. The second kappa shape index (κ2) is 5.76. The van der Waals surface area contributed by atoms with Gasteiger partial charge in [0.15, 0.2) is 0 Å². The maximum absolute atomic E-state index is 11.0. The van der Waals surface area contributed by atoms with Gasteiger partial charge >= 0.3 is 0 Å². The van der Waals surface area contributed by atoms with Crippen molar-refractivity contribution in [2.75, 3.05) is 25.0 Å². The molecule has 1 aliphatic rings. The van der Waals surface area contributed by atoms with Crippen LogP contribution in [0.4, 0.5) is 11.4 Å². The van der Waals surface area contributed by atoms with E-state index in [4.69, 9.17) is 0 Å². The monoisotopic (exact) mass is 279 g/mol. The Morgan fingerprint density at radius 3 is 2.85 bits per heavy atom. The number of likely N-dealkylation sites (tertiary alicyclic amines) is 1. The first kappa shape index (κ1) is 14.7. The van der Waals surface area contributed by atoms with E-state index in [9.17, 15) is 15.2 Å². The first-order valence-electron chi connectivity index (χ1n) is 6.87. The van der Waals surface area contributed by atoms with Crippen LogP contribution in [0.5, 0.6) is 0 Å². The van der Waals surface area contributed by atoms with Crippen LogP contribution in [0.15, 0.2) is 18.2 Å². The molecule has 1 unspecified atom stereocenters. The fourth-order valence-corrected chi connectivity index (χ4v) is 2.60. The molecule has 1 aliphatic heterocycles. The molecule has 20 heavy (non-hydrogen) atoms. The maximum Gasteiger partial charge on any atom is 0.292 e. The normalized spacial score (nSPS) is 22.9. The highest BCUT2D eigenvalue weighted by atomic mass is 16.6. The molecule has 1 atom stereocenters. The number of aliphatic hydroxyl groups is 1. The molecule has 0 spiro atoms. The number of anilines is 1. The van der Waals surface area contributed by atoms with Crippen molar-refractivity contribution < 1.29 is 10.0 Å². The molecule has 2 rings (SSSR count). The molecule has 0 saturated carbocycles. The standard InChI is InChI=1S/C14H21N3O3/c1-3-15-12-8-11(4-5-13(12)17(19)20)9-16-7-6-14(2,18)10-16/h4-5,8,15,18H,3,6-7,9-10H2,1-2H3. The van der Waals surface area contributed by atoms with E-state index in [0.29, 0.717) is 25.3 Å². The summed E-state index contributed by atoms with van der Waals surface area (Å²) in [5.41, 5.74) is 1.06. The molecule has 0 bridgehead atoms. The minimum atomic E-state index is -0.620. The average Bonchev–Trinajstić information content (AvgIpc) is 2.69. The lowest BCUT2D eigenvalue weighted by molar-refractivity contribution is -0.384. The van der Waals surface area contributed by atoms with E-state index in [1.54, 1.807) is 12.1 Å². The molecular weight excluding hydrogens is 258 g/mol. The number of nitrogens with one attached hydrogen (secondary N) is 1. The molecule has 1 saturated heterocycles. The van der Waals surface area contributed by atoms with Crippen molar-refractivity contribution in [2.45, 2.75) is 32.4 Å². The van der Waals surface area contributed by atoms with E-state index in [2.05, 4.69) is 10.2 Å². The van der Waals surface area contributed by atoms with Crippen molar-refractivity contribution in [1.29, 1.82) is 0 Å². The summed E-state index contributed by atoms with van der Waals surface area (Å²) < 4.78 is 0. The summed E-state index contributed by atoms with van der Waals surface area (Å²) in [6.45, 7) is 6.58. The van der Waals surface area contributed by atoms with Gasteiger partial charge in [-0.1, -0.05) is 6.07 Å². The van der Waals surface area contributed by atoms with Crippen LogP contribution in [0.1, 0.15) is 25.8 Å². The van der Waals surface area contributed by atoms with E-state index in [1.807, 2.05) is 19.9 Å². The fraction of sp³-hybridized carbons (Fsp3) is 0.571. The van der Waals surface area contributed by atoms with Gasteiger partial charge in [0.1, 0.15) is 5.69 Å². The quantitative estimate of drug-likeness (QED) is 0.636. The highest BCUT2D eigenvalue weighted by Crippen LogP contribution is 2.27. The highest BCUT2D eigenvalue weighted by Gasteiger charge is 2.31. The van der Waals surface area contributed by atoms with Crippen LogP contribution >= 0.6 is 0 Å². The largest absolute Gasteiger partial charge is 0.389 e. The Bertz CT molecular complexity index is 502. The number of nitrogens with zero attached hydrogens (tertiary/aromatic N) is 2. The van der Waals surface area contributed by atoms with Crippen molar-refractivity contribution in [3.8, 4) is 0 Å². The van der Waals surface area contributed by atoms with E-state index in [-0.39, 0.29) is 10.6 Å². The molecule has 0 aromatic heterocycles. The first-order chi connectivity index (χ1) is 9.41. The van der Waals surface area contributed by atoms with Crippen LogP contribution < -0.4 is 5.32 Å². The molecule has 1 aromatic carbocycles. The zero-order valence-corrected chi connectivity index (χ0v) is 11.9. The Balaban J connectivity index is 2.13. The highest BCUT2D eigenvalue weighted by molar-refractivity contribution is 5.62. The van der Waals surface area contributed by atoms with Crippen LogP contribution in [0, 0.1) is 10.1 Å². The Morgan fingerprint density at radius 1 is 1.55 bits per heavy atom. The van der Waals surface area contributed by atoms with Gasteiger partial charge < -0.3 is 10.4 Å².